The number of fused-ring (bicyclic) bond motifs is 1. The lowest BCUT2D eigenvalue weighted by molar-refractivity contribution is 0.0952. The van der Waals surface area contributed by atoms with Crippen molar-refractivity contribution in [3.8, 4) is 0 Å². The van der Waals surface area contributed by atoms with Crippen LogP contribution in [0.3, 0.4) is 0 Å². The van der Waals surface area contributed by atoms with Gasteiger partial charge in [0.05, 0.1) is 5.75 Å². The Morgan fingerprint density at radius 2 is 1.94 bits per heavy atom. The highest BCUT2D eigenvalue weighted by Gasteiger charge is 2.20. The number of thiophene rings is 1. The van der Waals surface area contributed by atoms with Crippen molar-refractivity contribution in [3.63, 3.8) is 0 Å². The van der Waals surface area contributed by atoms with Gasteiger partial charge in [-0.3, -0.25) is 9.52 Å². The van der Waals surface area contributed by atoms with Crippen molar-refractivity contribution in [1.29, 1.82) is 0 Å². The molecule has 0 saturated heterocycles. The van der Waals surface area contributed by atoms with Gasteiger partial charge in [0.1, 0.15) is 0 Å². The van der Waals surface area contributed by atoms with Crippen LogP contribution in [-0.4, -0.2) is 31.6 Å². The van der Waals surface area contributed by atoms with Crippen LogP contribution in [0.2, 0.25) is 0 Å². The number of carbonyl (C=O) groups excluding carboxylic acids is 1. The first-order valence-corrected chi connectivity index (χ1v) is 13.0. The standard InChI is InChI=1S/C24H25N3O3S2/c1-2-13-32(29,30)27-18-8-5-7-17(14-18)24(28)26-16-21(23-11-6-12-31-23)20-15-25-22-10-4-3-9-19(20)22/h3-12,14-15,21,25,27H,2,13,16H2,1H3,(H,26,28). The van der Waals surface area contributed by atoms with Crippen molar-refractivity contribution in [1.82, 2.24) is 10.3 Å². The zero-order valence-electron chi connectivity index (χ0n) is 17.7. The second kappa shape index (κ2) is 9.58. The summed E-state index contributed by atoms with van der Waals surface area (Å²) in [6, 6.07) is 18.8. The summed E-state index contributed by atoms with van der Waals surface area (Å²) >= 11 is 1.66. The number of para-hydroxylation sites is 1. The van der Waals surface area contributed by atoms with E-state index in [0.29, 0.717) is 24.2 Å². The monoisotopic (exact) mass is 467 g/mol. The Bertz CT molecular complexity index is 1310. The lowest BCUT2D eigenvalue weighted by Crippen LogP contribution is -2.28. The van der Waals surface area contributed by atoms with Gasteiger partial charge in [-0.2, -0.15) is 0 Å². The van der Waals surface area contributed by atoms with E-state index in [1.807, 2.05) is 35.8 Å². The molecule has 0 radical (unpaired) electrons. The third kappa shape index (κ3) is 5.03. The summed E-state index contributed by atoms with van der Waals surface area (Å²) in [4.78, 5) is 17.4. The maximum Gasteiger partial charge on any atom is 0.251 e. The highest BCUT2D eigenvalue weighted by Crippen LogP contribution is 2.32. The Morgan fingerprint density at radius 1 is 1.09 bits per heavy atom. The first-order chi connectivity index (χ1) is 15.5. The van der Waals surface area contributed by atoms with Crippen LogP contribution >= 0.6 is 11.3 Å². The number of rotatable bonds is 9. The van der Waals surface area contributed by atoms with Gasteiger partial charge in [-0.05, 0) is 47.7 Å². The summed E-state index contributed by atoms with van der Waals surface area (Å²) in [5.74, 6) is -0.208. The molecule has 2 aromatic heterocycles. The first kappa shape index (κ1) is 22.1. The highest BCUT2D eigenvalue weighted by molar-refractivity contribution is 7.92. The number of amides is 1. The number of hydrogen-bond acceptors (Lipinski definition) is 4. The van der Waals surface area contributed by atoms with Gasteiger partial charge in [-0.1, -0.05) is 37.3 Å². The second-order valence-corrected chi connectivity index (χ2v) is 10.4. The van der Waals surface area contributed by atoms with Gasteiger partial charge in [-0.25, -0.2) is 8.42 Å². The molecule has 0 saturated carbocycles. The van der Waals surface area contributed by atoms with E-state index < -0.39 is 10.0 Å². The van der Waals surface area contributed by atoms with Gasteiger partial charge in [0.15, 0.2) is 0 Å². The predicted molar refractivity (Wildman–Crippen MR) is 131 cm³/mol. The normalized spacial score (nSPS) is 12.5. The maximum atomic E-state index is 12.9. The van der Waals surface area contributed by atoms with Gasteiger partial charge in [0, 0.05) is 45.7 Å². The summed E-state index contributed by atoms with van der Waals surface area (Å²) in [5, 5.41) is 6.20. The minimum atomic E-state index is -3.42. The molecule has 32 heavy (non-hydrogen) atoms. The van der Waals surface area contributed by atoms with Crippen LogP contribution in [0.4, 0.5) is 5.69 Å². The molecule has 0 aliphatic heterocycles. The van der Waals surface area contributed by atoms with Gasteiger partial charge < -0.3 is 10.3 Å². The summed E-state index contributed by atoms with van der Waals surface area (Å²) in [5.41, 5.74) is 2.98. The molecule has 0 fully saturated rings. The fourth-order valence-corrected chi connectivity index (χ4v) is 5.73. The van der Waals surface area contributed by atoms with E-state index in [9.17, 15) is 13.2 Å². The Morgan fingerprint density at radius 3 is 2.72 bits per heavy atom. The average Bonchev–Trinajstić information content (AvgIpc) is 3.44. The van der Waals surface area contributed by atoms with Gasteiger partial charge in [0.2, 0.25) is 10.0 Å². The van der Waals surface area contributed by atoms with Gasteiger partial charge in [0.25, 0.3) is 5.91 Å². The Kier molecular flexibility index (Phi) is 6.62. The van der Waals surface area contributed by atoms with E-state index in [1.165, 1.54) is 0 Å². The molecule has 2 aromatic carbocycles. The zero-order valence-corrected chi connectivity index (χ0v) is 19.3. The molecule has 8 heteroatoms. The largest absolute Gasteiger partial charge is 0.361 e. The summed E-state index contributed by atoms with van der Waals surface area (Å²) in [7, 11) is -3.42. The van der Waals surface area contributed by atoms with Crippen LogP contribution in [0.1, 0.15) is 40.1 Å². The van der Waals surface area contributed by atoms with E-state index in [1.54, 1.807) is 42.5 Å². The van der Waals surface area contributed by atoms with Crippen molar-refractivity contribution < 1.29 is 13.2 Å². The van der Waals surface area contributed by atoms with Crippen molar-refractivity contribution >= 4 is 43.9 Å². The van der Waals surface area contributed by atoms with Crippen molar-refractivity contribution in [3.05, 3.63) is 88.2 Å². The third-order valence-electron chi connectivity index (χ3n) is 5.22. The third-order valence-corrected chi connectivity index (χ3v) is 7.70. The molecule has 6 nitrogen and oxygen atoms in total. The molecule has 166 valence electrons. The summed E-state index contributed by atoms with van der Waals surface area (Å²) < 4.78 is 26.6. The fraction of sp³-hybridized carbons (Fsp3) is 0.208. The second-order valence-electron chi connectivity index (χ2n) is 7.57. The number of nitrogens with one attached hydrogen (secondary N) is 3. The average molecular weight is 468 g/mol. The molecule has 0 aliphatic carbocycles. The topological polar surface area (TPSA) is 91.1 Å². The van der Waals surface area contributed by atoms with Crippen LogP contribution in [0, 0.1) is 0 Å². The van der Waals surface area contributed by atoms with Crippen LogP contribution < -0.4 is 10.0 Å². The molecule has 2 heterocycles. The number of anilines is 1. The van der Waals surface area contributed by atoms with E-state index in [0.717, 1.165) is 21.3 Å². The molecule has 3 N–H and O–H groups in total. The zero-order chi connectivity index (χ0) is 22.6. The maximum absolute atomic E-state index is 12.9. The minimum absolute atomic E-state index is 0.00124. The van der Waals surface area contributed by atoms with Gasteiger partial charge >= 0.3 is 0 Å². The first-order valence-electron chi connectivity index (χ1n) is 10.4. The number of benzene rings is 2. The summed E-state index contributed by atoms with van der Waals surface area (Å²) in [6.07, 6.45) is 2.53. The van der Waals surface area contributed by atoms with E-state index in [2.05, 4.69) is 27.2 Å². The Hall–Kier alpha value is -3.10. The summed E-state index contributed by atoms with van der Waals surface area (Å²) in [6.45, 7) is 2.23. The number of H-pyrrole nitrogens is 1. The lowest BCUT2D eigenvalue weighted by Gasteiger charge is -2.17. The smallest absolute Gasteiger partial charge is 0.251 e. The molecule has 1 amide bonds. The van der Waals surface area contributed by atoms with Crippen LogP contribution in [-0.2, 0) is 10.0 Å². The lowest BCUT2D eigenvalue weighted by atomic mass is 9.96. The Labute approximate surface area is 191 Å². The van der Waals surface area contributed by atoms with E-state index >= 15 is 0 Å². The molecule has 4 aromatic rings. The molecule has 0 bridgehead atoms. The van der Waals surface area contributed by atoms with E-state index in [-0.39, 0.29) is 17.6 Å². The molecular formula is C24H25N3O3S2. The molecule has 1 atom stereocenters. The van der Waals surface area contributed by atoms with E-state index in [4.69, 9.17) is 0 Å². The molecule has 4 rings (SSSR count). The molecular weight excluding hydrogens is 442 g/mol. The Balaban J connectivity index is 1.53. The number of sulfonamides is 1. The quantitative estimate of drug-likeness (QED) is 0.325. The van der Waals surface area contributed by atoms with Crippen LogP contribution in [0.25, 0.3) is 10.9 Å². The fourth-order valence-electron chi connectivity index (χ4n) is 3.76. The number of aromatic nitrogens is 1. The molecule has 1 unspecified atom stereocenters. The van der Waals surface area contributed by atoms with Crippen LogP contribution in [0.5, 0.6) is 0 Å². The van der Waals surface area contributed by atoms with Crippen molar-refractivity contribution in [2.45, 2.75) is 19.3 Å². The van der Waals surface area contributed by atoms with Gasteiger partial charge in [-0.15, -0.1) is 11.3 Å². The molecule has 0 spiro atoms. The number of carbonyl (C=O) groups is 1. The number of hydrogen-bond donors (Lipinski definition) is 3. The minimum Gasteiger partial charge on any atom is -0.361 e. The highest BCUT2D eigenvalue weighted by atomic mass is 32.2. The van der Waals surface area contributed by atoms with Crippen molar-refractivity contribution in [2.75, 3.05) is 17.0 Å². The molecule has 0 aliphatic rings. The number of aromatic amines is 1. The SMILES string of the molecule is CCCS(=O)(=O)Nc1cccc(C(=O)NCC(c2cccs2)c2c[nH]c3ccccc23)c1. The predicted octanol–water partition coefficient (Wildman–Crippen LogP) is 4.94. The van der Waals surface area contributed by atoms with Crippen LogP contribution in [0.15, 0.2) is 72.2 Å². The van der Waals surface area contributed by atoms with Crippen molar-refractivity contribution in [2.24, 2.45) is 0 Å².